The molecule has 0 aliphatic carbocycles. The summed E-state index contributed by atoms with van der Waals surface area (Å²) in [5.74, 6) is -2.70. The number of carbonyl (C=O) groups excluding carboxylic acids is 1. The normalized spacial score (nSPS) is 13.3. The van der Waals surface area contributed by atoms with Gasteiger partial charge in [-0.25, -0.2) is 0 Å². The molecule has 1 unspecified atom stereocenters. The lowest BCUT2D eigenvalue weighted by atomic mass is 10.0. The summed E-state index contributed by atoms with van der Waals surface area (Å²) in [5.41, 5.74) is 0.183. The number of benzene rings is 1. The molecule has 9 heteroatoms. The Hall–Kier alpha value is -1.83. The van der Waals surface area contributed by atoms with Gasteiger partial charge in [0.2, 0.25) is 0 Å². The minimum atomic E-state index is -1.19. The maximum atomic E-state index is 12.1. The zero-order chi connectivity index (χ0) is 19.9. The van der Waals surface area contributed by atoms with Crippen LogP contribution in [0.4, 0.5) is 0 Å². The molecule has 0 fully saturated rings. The molecule has 2 atom stereocenters. The van der Waals surface area contributed by atoms with E-state index in [4.69, 9.17) is 23.2 Å². The van der Waals surface area contributed by atoms with Crippen molar-refractivity contribution in [3.63, 3.8) is 0 Å². The van der Waals surface area contributed by atoms with Gasteiger partial charge < -0.3 is 15.5 Å². The predicted octanol–water partition coefficient (Wildman–Crippen LogP) is 2.66. The average molecular weight is 405 g/mol. The highest BCUT2D eigenvalue weighted by Crippen LogP contribution is 2.20. The molecule has 4 N–H and O–H groups in total. The topological polar surface area (TPSA) is 116 Å². The molecule has 1 aromatic rings. The zero-order valence-electron chi connectivity index (χ0n) is 14.5. The minimum absolute atomic E-state index is 0.0150. The fraction of sp³-hybridized carbons (Fsp3) is 0.471. The molecule has 1 aromatic carbocycles. The first kappa shape index (κ1) is 22.2. The van der Waals surface area contributed by atoms with Crippen LogP contribution in [0.2, 0.25) is 10.0 Å². The first-order valence-corrected chi connectivity index (χ1v) is 8.82. The van der Waals surface area contributed by atoms with E-state index in [1.807, 2.05) is 13.8 Å². The van der Waals surface area contributed by atoms with E-state index >= 15 is 0 Å². The summed E-state index contributed by atoms with van der Waals surface area (Å²) >= 11 is 11.8. The summed E-state index contributed by atoms with van der Waals surface area (Å²) in [6, 6.07) is 2.37. The fourth-order valence-corrected chi connectivity index (χ4v) is 2.70. The molecule has 1 amide bonds. The Morgan fingerprint density at radius 3 is 2.23 bits per heavy atom. The number of amides is 1. The molecule has 0 heterocycles. The molecule has 0 spiro atoms. The molecule has 26 heavy (non-hydrogen) atoms. The lowest BCUT2D eigenvalue weighted by Gasteiger charge is -2.21. The first-order valence-electron chi connectivity index (χ1n) is 8.06. The number of halogens is 2. The summed E-state index contributed by atoms with van der Waals surface area (Å²) in [5, 5.41) is 24.3. The highest BCUT2D eigenvalue weighted by molar-refractivity contribution is 6.35. The smallest absolute Gasteiger partial charge is 0.320 e. The summed E-state index contributed by atoms with van der Waals surface area (Å²) in [6.45, 7) is 3.73. The second-order valence-electron chi connectivity index (χ2n) is 6.25. The Kier molecular flexibility index (Phi) is 8.84. The maximum Gasteiger partial charge on any atom is 0.320 e. The Morgan fingerprint density at radius 1 is 1.08 bits per heavy atom. The van der Waals surface area contributed by atoms with E-state index in [9.17, 15) is 24.6 Å². The van der Waals surface area contributed by atoms with Crippen LogP contribution >= 0.6 is 23.2 Å². The quantitative estimate of drug-likeness (QED) is 0.476. The van der Waals surface area contributed by atoms with Crippen LogP contribution in [0.15, 0.2) is 18.2 Å². The van der Waals surface area contributed by atoms with Crippen molar-refractivity contribution in [1.29, 1.82) is 0 Å². The van der Waals surface area contributed by atoms with Crippen LogP contribution in [0.1, 0.15) is 37.0 Å². The van der Waals surface area contributed by atoms with Crippen LogP contribution in [0.25, 0.3) is 0 Å². The summed E-state index contributed by atoms with van der Waals surface area (Å²) in [7, 11) is 0. The van der Waals surface area contributed by atoms with Crippen LogP contribution in [0, 0.1) is 5.92 Å². The third-order valence-corrected chi connectivity index (χ3v) is 4.16. The molecule has 0 aromatic heterocycles. The van der Waals surface area contributed by atoms with Gasteiger partial charge in [0, 0.05) is 11.6 Å². The van der Waals surface area contributed by atoms with Gasteiger partial charge >= 0.3 is 11.9 Å². The van der Waals surface area contributed by atoms with Crippen molar-refractivity contribution in [2.24, 2.45) is 5.92 Å². The molecule has 0 saturated carbocycles. The van der Waals surface area contributed by atoms with Crippen LogP contribution in [0.5, 0.6) is 0 Å². The van der Waals surface area contributed by atoms with E-state index < -0.39 is 29.9 Å². The Bertz CT molecular complexity index is 667. The van der Waals surface area contributed by atoms with Crippen LogP contribution in [-0.2, 0) is 9.59 Å². The lowest BCUT2D eigenvalue weighted by Crippen LogP contribution is -2.49. The Morgan fingerprint density at radius 2 is 1.69 bits per heavy atom. The van der Waals surface area contributed by atoms with E-state index in [0.29, 0.717) is 11.4 Å². The second-order valence-corrected chi connectivity index (χ2v) is 7.09. The van der Waals surface area contributed by atoms with Crippen molar-refractivity contribution in [2.45, 2.75) is 38.8 Å². The van der Waals surface area contributed by atoms with Gasteiger partial charge in [-0.1, -0.05) is 37.0 Å². The highest BCUT2D eigenvalue weighted by atomic mass is 35.5. The van der Waals surface area contributed by atoms with Crippen molar-refractivity contribution in [1.82, 2.24) is 10.6 Å². The van der Waals surface area contributed by atoms with E-state index in [2.05, 4.69) is 10.6 Å². The molecular weight excluding hydrogens is 383 g/mol. The van der Waals surface area contributed by atoms with Gasteiger partial charge in [0.1, 0.15) is 12.1 Å². The predicted molar refractivity (Wildman–Crippen MR) is 98.9 cm³/mol. The summed E-state index contributed by atoms with van der Waals surface area (Å²) in [6.07, 6.45) is 0.310. The standard InChI is InChI=1S/C17H22Cl2N2O5/c1-9(2)7-14(17(25)26)21-13(16(23)24)5-6-20-15(22)11-8-10(18)3-4-12(11)19/h3-4,8-9,13-14,21H,5-7H2,1-2H3,(H,20,22)(H,23,24)(H,25,26)/t13?,14-/m0/s1. The van der Waals surface area contributed by atoms with E-state index in [0.717, 1.165) is 0 Å². The average Bonchev–Trinajstić information content (AvgIpc) is 2.54. The van der Waals surface area contributed by atoms with Gasteiger partial charge in [0.25, 0.3) is 5.91 Å². The van der Waals surface area contributed by atoms with Gasteiger partial charge in [0.15, 0.2) is 0 Å². The minimum Gasteiger partial charge on any atom is -0.480 e. The summed E-state index contributed by atoms with van der Waals surface area (Å²) < 4.78 is 0. The largest absolute Gasteiger partial charge is 0.480 e. The van der Waals surface area contributed by atoms with E-state index in [1.54, 1.807) is 6.07 Å². The number of carboxylic acid groups (broad SMARTS) is 2. The van der Waals surface area contributed by atoms with Crippen molar-refractivity contribution < 1.29 is 24.6 Å². The van der Waals surface area contributed by atoms with Crippen molar-refractivity contribution in [3.8, 4) is 0 Å². The number of carbonyl (C=O) groups is 3. The number of aliphatic carboxylic acids is 2. The highest BCUT2D eigenvalue weighted by Gasteiger charge is 2.26. The molecule has 1 rings (SSSR count). The summed E-state index contributed by atoms with van der Waals surface area (Å²) in [4.78, 5) is 34.8. The fourth-order valence-electron chi connectivity index (χ4n) is 2.33. The molecule has 0 bridgehead atoms. The lowest BCUT2D eigenvalue weighted by molar-refractivity contribution is -0.143. The first-order chi connectivity index (χ1) is 12.1. The third kappa shape index (κ3) is 7.19. The van der Waals surface area contributed by atoms with Gasteiger partial charge in [0.05, 0.1) is 10.6 Å². The third-order valence-electron chi connectivity index (χ3n) is 3.60. The van der Waals surface area contributed by atoms with Crippen molar-refractivity contribution in [3.05, 3.63) is 33.8 Å². The van der Waals surface area contributed by atoms with Crippen LogP contribution < -0.4 is 10.6 Å². The number of rotatable bonds is 10. The monoisotopic (exact) mass is 404 g/mol. The molecular formula is C17H22Cl2N2O5. The van der Waals surface area contributed by atoms with Crippen molar-refractivity contribution in [2.75, 3.05) is 6.54 Å². The molecule has 0 radical (unpaired) electrons. The molecule has 0 saturated heterocycles. The second kappa shape index (κ2) is 10.4. The Labute approximate surface area is 161 Å². The van der Waals surface area contributed by atoms with Gasteiger partial charge in [-0.05, 0) is 37.0 Å². The zero-order valence-corrected chi connectivity index (χ0v) is 16.0. The van der Waals surface area contributed by atoms with E-state index in [1.165, 1.54) is 12.1 Å². The molecule has 0 aliphatic rings. The van der Waals surface area contributed by atoms with E-state index in [-0.39, 0.29) is 29.5 Å². The molecule has 0 aliphatic heterocycles. The van der Waals surface area contributed by atoms with Crippen LogP contribution in [-0.4, -0.2) is 46.7 Å². The van der Waals surface area contributed by atoms with Gasteiger partial charge in [-0.15, -0.1) is 0 Å². The number of carboxylic acids is 2. The number of hydrogen-bond donors (Lipinski definition) is 4. The van der Waals surface area contributed by atoms with Gasteiger partial charge in [-0.2, -0.15) is 0 Å². The van der Waals surface area contributed by atoms with Crippen LogP contribution in [0.3, 0.4) is 0 Å². The number of hydrogen-bond acceptors (Lipinski definition) is 4. The van der Waals surface area contributed by atoms with Crippen molar-refractivity contribution >= 4 is 41.0 Å². The molecule has 144 valence electrons. The molecule has 7 nitrogen and oxygen atoms in total. The maximum absolute atomic E-state index is 12.1. The van der Waals surface area contributed by atoms with Gasteiger partial charge in [-0.3, -0.25) is 19.7 Å². The Balaban J connectivity index is 2.65. The number of nitrogens with one attached hydrogen (secondary N) is 2. The SMILES string of the molecule is CC(C)C[C@H](NC(CCNC(=O)c1cc(Cl)ccc1Cl)C(=O)O)C(=O)O.